The summed E-state index contributed by atoms with van der Waals surface area (Å²) < 4.78 is 0. The van der Waals surface area contributed by atoms with Crippen LogP contribution in [0.5, 0.6) is 0 Å². The SMILES string of the molecule is CC(N)(C(=O)N1CCN(C2CC2)C(=O)C1)C1CC1. The van der Waals surface area contributed by atoms with Gasteiger partial charge >= 0.3 is 0 Å². The first-order valence-corrected chi connectivity index (χ1v) is 6.88. The molecule has 0 bridgehead atoms. The molecule has 3 rings (SSSR count). The number of nitrogens with two attached hydrogens (primary N) is 1. The molecule has 1 heterocycles. The summed E-state index contributed by atoms with van der Waals surface area (Å²) in [6, 6.07) is 0.447. The van der Waals surface area contributed by atoms with Gasteiger partial charge in [0.05, 0.1) is 12.1 Å². The van der Waals surface area contributed by atoms with Crippen molar-refractivity contribution in [1.82, 2.24) is 9.80 Å². The van der Waals surface area contributed by atoms with Crippen LogP contribution in [0.1, 0.15) is 32.6 Å². The summed E-state index contributed by atoms with van der Waals surface area (Å²) in [6.45, 7) is 3.34. The van der Waals surface area contributed by atoms with Gasteiger partial charge in [0.1, 0.15) is 0 Å². The summed E-state index contributed by atoms with van der Waals surface area (Å²) in [5.74, 6) is 0.346. The third-order valence-electron chi connectivity index (χ3n) is 4.42. The molecule has 2 saturated carbocycles. The van der Waals surface area contributed by atoms with Crippen LogP contribution in [0.2, 0.25) is 0 Å². The van der Waals surface area contributed by atoms with Gasteiger partial charge in [-0.1, -0.05) is 0 Å². The van der Waals surface area contributed by atoms with Crippen LogP contribution in [-0.2, 0) is 9.59 Å². The van der Waals surface area contributed by atoms with Gasteiger partial charge in [-0.05, 0) is 38.5 Å². The van der Waals surface area contributed by atoms with Crippen LogP contribution in [0.25, 0.3) is 0 Å². The molecule has 5 heteroatoms. The molecule has 1 aliphatic heterocycles. The molecule has 0 aromatic heterocycles. The Morgan fingerprint density at radius 1 is 1.28 bits per heavy atom. The van der Waals surface area contributed by atoms with Crippen molar-refractivity contribution >= 4 is 11.8 Å². The van der Waals surface area contributed by atoms with E-state index in [1.807, 2.05) is 11.8 Å². The third-order valence-corrected chi connectivity index (χ3v) is 4.42. The Balaban J connectivity index is 1.63. The van der Waals surface area contributed by atoms with Crippen molar-refractivity contribution in [2.75, 3.05) is 19.6 Å². The number of rotatable bonds is 3. The largest absolute Gasteiger partial charge is 0.336 e. The maximum absolute atomic E-state index is 12.4. The predicted molar refractivity (Wildman–Crippen MR) is 66.6 cm³/mol. The van der Waals surface area contributed by atoms with Gasteiger partial charge in [0.15, 0.2) is 0 Å². The zero-order valence-corrected chi connectivity index (χ0v) is 10.9. The van der Waals surface area contributed by atoms with E-state index in [9.17, 15) is 9.59 Å². The maximum Gasteiger partial charge on any atom is 0.243 e. The Morgan fingerprint density at radius 3 is 2.44 bits per heavy atom. The second-order valence-electron chi connectivity index (χ2n) is 6.10. The lowest BCUT2D eigenvalue weighted by atomic mass is 9.95. The molecule has 0 radical (unpaired) electrons. The van der Waals surface area contributed by atoms with E-state index in [4.69, 9.17) is 5.73 Å². The second-order valence-corrected chi connectivity index (χ2v) is 6.10. The van der Waals surface area contributed by atoms with Gasteiger partial charge < -0.3 is 15.5 Å². The van der Waals surface area contributed by atoms with Crippen LogP contribution in [0.3, 0.4) is 0 Å². The van der Waals surface area contributed by atoms with Gasteiger partial charge in [-0.3, -0.25) is 9.59 Å². The molecule has 0 aromatic rings. The van der Waals surface area contributed by atoms with E-state index in [2.05, 4.69) is 0 Å². The molecule has 1 atom stereocenters. The number of amides is 2. The molecule has 0 aromatic carbocycles. The van der Waals surface area contributed by atoms with E-state index in [0.29, 0.717) is 25.0 Å². The summed E-state index contributed by atoms with van der Waals surface area (Å²) in [4.78, 5) is 27.9. The number of hydrogen-bond donors (Lipinski definition) is 1. The Morgan fingerprint density at radius 2 is 1.94 bits per heavy atom. The first-order chi connectivity index (χ1) is 8.50. The van der Waals surface area contributed by atoms with Gasteiger partial charge in [0.2, 0.25) is 11.8 Å². The van der Waals surface area contributed by atoms with Crippen molar-refractivity contribution < 1.29 is 9.59 Å². The average Bonchev–Trinajstić information content (AvgIpc) is 3.18. The zero-order valence-electron chi connectivity index (χ0n) is 10.9. The van der Waals surface area contributed by atoms with E-state index >= 15 is 0 Å². The summed E-state index contributed by atoms with van der Waals surface area (Å²) in [5.41, 5.74) is 5.36. The summed E-state index contributed by atoms with van der Waals surface area (Å²) in [5, 5.41) is 0. The van der Waals surface area contributed by atoms with Crippen LogP contribution in [0.4, 0.5) is 0 Å². The van der Waals surface area contributed by atoms with Crippen LogP contribution < -0.4 is 5.73 Å². The van der Waals surface area contributed by atoms with Gasteiger partial charge in [-0.2, -0.15) is 0 Å². The first kappa shape index (κ1) is 12.0. The minimum absolute atomic E-state index is 0.0474. The monoisotopic (exact) mass is 251 g/mol. The van der Waals surface area contributed by atoms with Crippen molar-refractivity contribution in [2.45, 2.75) is 44.2 Å². The van der Waals surface area contributed by atoms with Crippen LogP contribution in [0, 0.1) is 5.92 Å². The van der Waals surface area contributed by atoms with Gasteiger partial charge in [0, 0.05) is 19.1 Å². The van der Waals surface area contributed by atoms with Gasteiger partial charge in [-0.25, -0.2) is 0 Å². The fraction of sp³-hybridized carbons (Fsp3) is 0.846. The number of carbonyl (C=O) groups excluding carboxylic acids is 2. The van der Waals surface area contributed by atoms with Crippen molar-refractivity contribution in [3.8, 4) is 0 Å². The molecule has 100 valence electrons. The van der Waals surface area contributed by atoms with Crippen LogP contribution in [0.15, 0.2) is 0 Å². The van der Waals surface area contributed by atoms with Gasteiger partial charge in [0.25, 0.3) is 0 Å². The molecule has 1 saturated heterocycles. The van der Waals surface area contributed by atoms with Crippen molar-refractivity contribution in [3.63, 3.8) is 0 Å². The molecule has 1 unspecified atom stereocenters. The summed E-state index contributed by atoms with van der Waals surface area (Å²) >= 11 is 0. The lowest BCUT2D eigenvalue weighted by Crippen LogP contribution is -2.61. The smallest absolute Gasteiger partial charge is 0.243 e. The molecular weight excluding hydrogens is 230 g/mol. The topological polar surface area (TPSA) is 66.6 Å². The van der Waals surface area contributed by atoms with Crippen molar-refractivity contribution in [1.29, 1.82) is 0 Å². The highest BCUT2D eigenvalue weighted by Gasteiger charge is 2.47. The third kappa shape index (κ3) is 2.00. The number of hydrogen-bond acceptors (Lipinski definition) is 3. The Hall–Kier alpha value is -1.10. The predicted octanol–water partition coefficient (Wildman–Crippen LogP) is -0.0530. The average molecular weight is 251 g/mol. The minimum Gasteiger partial charge on any atom is -0.336 e. The van der Waals surface area contributed by atoms with Crippen molar-refractivity contribution in [3.05, 3.63) is 0 Å². The fourth-order valence-electron chi connectivity index (χ4n) is 2.83. The highest BCUT2D eigenvalue weighted by atomic mass is 16.2. The molecule has 3 fully saturated rings. The lowest BCUT2D eigenvalue weighted by molar-refractivity contribution is -0.148. The standard InChI is InChI=1S/C13H21N3O2/c1-13(14,9-2-3-9)12(18)15-6-7-16(10-4-5-10)11(17)8-15/h9-10H,2-8,14H2,1H3. The quantitative estimate of drug-likeness (QED) is 0.764. The molecule has 5 nitrogen and oxygen atoms in total. The van der Waals surface area contributed by atoms with E-state index in [-0.39, 0.29) is 18.4 Å². The van der Waals surface area contributed by atoms with Crippen molar-refractivity contribution in [2.24, 2.45) is 11.7 Å². The summed E-state index contributed by atoms with van der Waals surface area (Å²) in [7, 11) is 0. The number of piperazine rings is 1. The highest BCUT2D eigenvalue weighted by Crippen LogP contribution is 2.39. The van der Waals surface area contributed by atoms with E-state index in [0.717, 1.165) is 25.7 Å². The highest BCUT2D eigenvalue weighted by molar-refractivity contribution is 5.91. The number of carbonyl (C=O) groups is 2. The Bertz CT molecular complexity index is 386. The molecule has 2 aliphatic carbocycles. The number of nitrogens with zero attached hydrogens (tertiary/aromatic N) is 2. The Kier molecular flexibility index (Phi) is 2.62. The molecule has 0 spiro atoms. The minimum atomic E-state index is -0.776. The molecular formula is C13H21N3O2. The van der Waals surface area contributed by atoms with Crippen LogP contribution >= 0.6 is 0 Å². The fourth-order valence-corrected chi connectivity index (χ4v) is 2.83. The molecule has 3 aliphatic rings. The lowest BCUT2D eigenvalue weighted by Gasteiger charge is -2.38. The Labute approximate surface area is 107 Å². The van der Waals surface area contributed by atoms with Gasteiger partial charge in [-0.15, -0.1) is 0 Å². The second kappa shape index (κ2) is 3.95. The molecule has 2 N–H and O–H groups in total. The normalized spacial score (nSPS) is 28.2. The van der Waals surface area contributed by atoms with E-state index < -0.39 is 5.54 Å². The molecule has 18 heavy (non-hydrogen) atoms. The zero-order chi connectivity index (χ0) is 12.9. The summed E-state index contributed by atoms with van der Waals surface area (Å²) in [6.07, 6.45) is 4.32. The first-order valence-electron chi connectivity index (χ1n) is 6.88. The van der Waals surface area contributed by atoms with E-state index in [1.54, 1.807) is 4.90 Å². The maximum atomic E-state index is 12.4. The molecule has 2 amide bonds. The van der Waals surface area contributed by atoms with Crippen LogP contribution in [-0.4, -0.2) is 52.8 Å². The van der Waals surface area contributed by atoms with E-state index in [1.165, 1.54) is 0 Å².